The number of thiophene rings is 1. The average Bonchev–Trinajstić information content (AvgIpc) is 3.25. The molecule has 1 aliphatic rings. The van der Waals surface area contributed by atoms with Crippen LogP contribution in [0.3, 0.4) is 0 Å². The fourth-order valence-corrected chi connectivity index (χ4v) is 4.31. The van der Waals surface area contributed by atoms with Crippen LogP contribution in [0.2, 0.25) is 0 Å². The summed E-state index contributed by atoms with van der Waals surface area (Å²) in [6.45, 7) is 8.01. The molecule has 1 aromatic heterocycles. The van der Waals surface area contributed by atoms with Gasteiger partial charge < -0.3 is 20.3 Å². The molecule has 0 atom stereocenters. The van der Waals surface area contributed by atoms with Crippen LogP contribution in [0.25, 0.3) is 0 Å². The lowest BCUT2D eigenvalue weighted by Crippen LogP contribution is -2.48. The molecule has 0 radical (unpaired) electrons. The topological polar surface area (TPSA) is 48.9 Å². The molecule has 5 nitrogen and oxygen atoms in total. The van der Waals surface area contributed by atoms with E-state index >= 15 is 0 Å². The number of hydrogen-bond donors (Lipinski definition) is 2. The van der Waals surface area contributed by atoms with Crippen LogP contribution < -0.4 is 20.3 Å². The van der Waals surface area contributed by atoms with Gasteiger partial charge >= 0.3 is 0 Å². The minimum absolute atomic E-state index is 0. The highest BCUT2D eigenvalue weighted by Crippen LogP contribution is 2.24. The van der Waals surface area contributed by atoms with Crippen LogP contribution >= 0.6 is 35.3 Å². The molecule has 0 aliphatic carbocycles. The summed E-state index contributed by atoms with van der Waals surface area (Å²) in [4.78, 5) is 7.28. The van der Waals surface area contributed by atoms with Gasteiger partial charge in [-0.25, -0.2) is 0 Å². The second-order valence-electron chi connectivity index (χ2n) is 7.17. The van der Waals surface area contributed by atoms with Gasteiger partial charge in [-0.3, -0.25) is 4.99 Å². The van der Waals surface area contributed by atoms with Gasteiger partial charge in [0.25, 0.3) is 0 Å². The van der Waals surface area contributed by atoms with Gasteiger partial charge in [0, 0.05) is 32.2 Å². The molecule has 29 heavy (non-hydrogen) atoms. The average molecular weight is 529 g/mol. The summed E-state index contributed by atoms with van der Waals surface area (Å²) < 4.78 is 5.42. The first-order valence-corrected chi connectivity index (χ1v) is 11.0. The van der Waals surface area contributed by atoms with Gasteiger partial charge in [0.05, 0.1) is 12.1 Å². The van der Waals surface area contributed by atoms with E-state index in [1.165, 1.54) is 16.1 Å². The van der Waals surface area contributed by atoms with E-state index in [4.69, 9.17) is 9.73 Å². The van der Waals surface area contributed by atoms with Crippen LogP contribution in [0.4, 0.5) is 5.00 Å². The van der Waals surface area contributed by atoms with Crippen molar-refractivity contribution in [1.29, 1.82) is 0 Å². The van der Waals surface area contributed by atoms with E-state index in [9.17, 15) is 0 Å². The van der Waals surface area contributed by atoms with Crippen LogP contribution in [0.5, 0.6) is 5.75 Å². The Balaban J connectivity index is 0.00000300. The molecule has 1 saturated heterocycles. The van der Waals surface area contributed by atoms with Gasteiger partial charge in [0.2, 0.25) is 0 Å². The van der Waals surface area contributed by atoms with Crippen molar-refractivity contribution in [3.05, 3.63) is 46.8 Å². The number of benzene rings is 1. The molecule has 0 amide bonds. The fraction of sp³-hybridized carbons (Fsp3) is 0.500. The number of methoxy groups -OCH3 is 1. The number of anilines is 1. The Kier molecular flexibility index (Phi) is 10.1. The normalized spacial score (nSPS) is 15.0. The van der Waals surface area contributed by atoms with Crippen LogP contribution in [0.15, 0.2) is 40.7 Å². The molecule has 3 rings (SSSR count). The summed E-state index contributed by atoms with van der Waals surface area (Å²) in [5.41, 5.74) is 2.42. The number of rotatable bonds is 7. The molecule has 0 saturated carbocycles. The first-order valence-electron chi connectivity index (χ1n) is 10.2. The molecule has 0 bridgehead atoms. The number of piperidine rings is 1. The summed E-state index contributed by atoms with van der Waals surface area (Å²) in [6, 6.07) is 11.2. The Bertz CT molecular complexity index is 758. The van der Waals surface area contributed by atoms with E-state index in [1.807, 2.05) is 11.3 Å². The lowest BCUT2D eigenvalue weighted by molar-refractivity contribution is 0.411. The van der Waals surface area contributed by atoms with Crippen molar-refractivity contribution < 1.29 is 4.74 Å². The third kappa shape index (κ3) is 7.06. The fourth-order valence-electron chi connectivity index (χ4n) is 3.52. The predicted octanol–water partition coefficient (Wildman–Crippen LogP) is 4.45. The minimum atomic E-state index is 0. The van der Waals surface area contributed by atoms with Crippen LogP contribution in [-0.4, -0.2) is 45.3 Å². The molecule has 2 N–H and O–H groups in total. The Morgan fingerprint density at radius 3 is 2.72 bits per heavy atom. The highest BCUT2D eigenvalue weighted by Gasteiger charge is 2.20. The second-order valence-corrected chi connectivity index (χ2v) is 8.10. The second kappa shape index (κ2) is 12.3. The lowest BCUT2D eigenvalue weighted by atomic mass is 10.1. The number of aryl methyl sites for hydroxylation is 1. The van der Waals surface area contributed by atoms with Gasteiger partial charge in [-0.2, -0.15) is 0 Å². The maximum atomic E-state index is 5.42. The summed E-state index contributed by atoms with van der Waals surface area (Å²) >= 11 is 1.83. The Labute approximate surface area is 196 Å². The summed E-state index contributed by atoms with van der Waals surface area (Å²) in [7, 11) is 1.72. The zero-order chi connectivity index (χ0) is 19.8. The maximum Gasteiger partial charge on any atom is 0.191 e. The van der Waals surface area contributed by atoms with Crippen LogP contribution in [-0.2, 0) is 6.42 Å². The molecule has 160 valence electrons. The number of nitrogens with one attached hydrogen (secondary N) is 2. The number of halogens is 1. The minimum Gasteiger partial charge on any atom is -0.496 e. The summed E-state index contributed by atoms with van der Waals surface area (Å²) in [5, 5.41) is 10.6. The maximum absolute atomic E-state index is 5.42. The van der Waals surface area contributed by atoms with E-state index in [-0.39, 0.29) is 24.0 Å². The number of ether oxygens (including phenoxy) is 1. The molecule has 1 aliphatic heterocycles. The van der Waals surface area contributed by atoms with Crippen molar-refractivity contribution >= 4 is 46.3 Å². The third-order valence-corrected chi connectivity index (χ3v) is 6.07. The number of hydrogen-bond acceptors (Lipinski definition) is 4. The third-order valence-electron chi connectivity index (χ3n) is 5.14. The first-order chi connectivity index (χ1) is 13.7. The van der Waals surface area contributed by atoms with Gasteiger partial charge in [0.1, 0.15) is 5.75 Å². The highest BCUT2D eigenvalue weighted by molar-refractivity contribution is 14.0. The van der Waals surface area contributed by atoms with Crippen molar-refractivity contribution in [2.45, 2.75) is 39.2 Å². The van der Waals surface area contributed by atoms with E-state index < -0.39 is 0 Å². The quantitative estimate of drug-likeness (QED) is 0.317. The largest absolute Gasteiger partial charge is 0.496 e. The summed E-state index contributed by atoms with van der Waals surface area (Å²) in [6.07, 6.45) is 3.18. The Morgan fingerprint density at radius 1 is 1.28 bits per heavy atom. The predicted molar refractivity (Wildman–Crippen MR) is 136 cm³/mol. The SMILES string of the molecule is CCNC(=NCCc1ccc(C)c(OC)c1)NC1CCN(c2cccs2)CC1.I. The van der Waals surface area contributed by atoms with Crippen LogP contribution in [0.1, 0.15) is 30.9 Å². The molecule has 2 heterocycles. The molecule has 7 heteroatoms. The summed E-state index contributed by atoms with van der Waals surface area (Å²) in [5.74, 6) is 1.88. The first kappa shape index (κ1) is 23.8. The van der Waals surface area contributed by atoms with Crippen LogP contribution in [0, 0.1) is 6.92 Å². The van der Waals surface area contributed by atoms with E-state index in [1.54, 1.807) is 7.11 Å². The number of aliphatic imine (C=N–C) groups is 1. The lowest BCUT2D eigenvalue weighted by Gasteiger charge is -2.33. The number of nitrogens with zero attached hydrogens (tertiary/aromatic N) is 2. The highest BCUT2D eigenvalue weighted by atomic mass is 127. The van der Waals surface area contributed by atoms with E-state index in [0.717, 1.165) is 57.2 Å². The number of guanidine groups is 1. The van der Waals surface area contributed by atoms with Crippen molar-refractivity contribution in [3.63, 3.8) is 0 Å². The molecule has 1 aromatic carbocycles. The van der Waals surface area contributed by atoms with E-state index in [2.05, 4.69) is 65.1 Å². The molecule has 0 spiro atoms. The Hall–Kier alpha value is -1.48. The molecule has 1 fully saturated rings. The van der Waals surface area contributed by atoms with Gasteiger partial charge in [-0.05, 0) is 67.8 Å². The van der Waals surface area contributed by atoms with Crippen molar-refractivity contribution in [1.82, 2.24) is 10.6 Å². The van der Waals surface area contributed by atoms with Gasteiger partial charge in [-0.1, -0.05) is 12.1 Å². The smallest absolute Gasteiger partial charge is 0.191 e. The molecule has 2 aromatic rings. The van der Waals surface area contributed by atoms with Crippen molar-refractivity contribution in [2.75, 3.05) is 38.2 Å². The van der Waals surface area contributed by atoms with Crippen molar-refractivity contribution in [3.8, 4) is 5.75 Å². The molecule has 0 unspecified atom stereocenters. The van der Waals surface area contributed by atoms with Gasteiger partial charge in [-0.15, -0.1) is 35.3 Å². The molecular formula is C22H33IN4OS. The Morgan fingerprint density at radius 2 is 2.07 bits per heavy atom. The standard InChI is InChI=1S/C22H32N4OS.HI/c1-4-23-22(24-12-9-18-8-7-17(2)20(16-18)27-3)25-19-10-13-26(14-11-19)21-6-5-15-28-21;/h5-8,15-16,19H,4,9-14H2,1-3H3,(H2,23,24,25);1H. The van der Waals surface area contributed by atoms with Crippen molar-refractivity contribution in [2.24, 2.45) is 4.99 Å². The zero-order valence-corrected chi connectivity index (χ0v) is 20.8. The van der Waals surface area contributed by atoms with Gasteiger partial charge in [0.15, 0.2) is 5.96 Å². The molecular weight excluding hydrogens is 495 g/mol. The monoisotopic (exact) mass is 528 g/mol. The zero-order valence-electron chi connectivity index (χ0n) is 17.6. The van der Waals surface area contributed by atoms with E-state index in [0.29, 0.717) is 6.04 Å².